The van der Waals surface area contributed by atoms with Crippen molar-refractivity contribution >= 4 is 28.3 Å². The number of fused-ring (bicyclic) bond motifs is 1. The molecule has 1 aromatic carbocycles. The third-order valence-electron chi connectivity index (χ3n) is 3.50. The lowest BCUT2D eigenvalue weighted by molar-refractivity contribution is -0.122. The van der Waals surface area contributed by atoms with Crippen LogP contribution >= 0.6 is 0 Å². The van der Waals surface area contributed by atoms with Crippen LogP contribution in [0.25, 0.3) is 16.5 Å². The summed E-state index contributed by atoms with van der Waals surface area (Å²) in [6.07, 6.45) is 4.44. The van der Waals surface area contributed by atoms with Crippen LogP contribution in [0.3, 0.4) is 0 Å². The van der Waals surface area contributed by atoms with Crippen molar-refractivity contribution in [1.82, 2.24) is 20.2 Å². The highest BCUT2D eigenvalue weighted by atomic mass is 16.5. The fourth-order valence-electron chi connectivity index (χ4n) is 2.35. The lowest BCUT2D eigenvalue weighted by atomic mass is 10.0. The Balaban J connectivity index is 2.04. The van der Waals surface area contributed by atoms with Gasteiger partial charge in [0.05, 0.1) is 29.9 Å². The number of hydrogen-bond acceptors (Lipinski definition) is 6. The molecule has 2 rings (SSSR count). The minimum absolute atomic E-state index is 0.0975. The van der Waals surface area contributed by atoms with Crippen molar-refractivity contribution in [2.45, 2.75) is 13.0 Å². The molecule has 0 aliphatic carbocycles. The van der Waals surface area contributed by atoms with Gasteiger partial charge in [-0.1, -0.05) is 6.07 Å². The molecule has 1 heterocycles. The molecule has 26 heavy (non-hydrogen) atoms. The Morgan fingerprint density at radius 1 is 1.38 bits per heavy atom. The summed E-state index contributed by atoms with van der Waals surface area (Å²) < 4.78 is 5.47. The van der Waals surface area contributed by atoms with Gasteiger partial charge in [0.2, 0.25) is 5.91 Å². The van der Waals surface area contributed by atoms with Gasteiger partial charge in [-0.05, 0) is 38.7 Å². The summed E-state index contributed by atoms with van der Waals surface area (Å²) in [5.74, 6) is -0.703. The summed E-state index contributed by atoms with van der Waals surface area (Å²) in [6.45, 7) is 2.33. The third-order valence-corrected chi connectivity index (χ3v) is 3.50. The van der Waals surface area contributed by atoms with E-state index < -0.39 is 5.91 Å². The van der Waals surface area contributed by atoms with E-state index in [-0.39, 0.29) is 24.1 Å². The first-order valence-electron chi connectivity index (χ1n) is 8.12. The largest absolute Gasteiger partial charge is 0.498 e. The Labute approximate surface area is 152 Å². The predicted octanol–water partition coefficient (Wildman–Crippen LogP) is 0.539. The Kier molecular flexibility index (Phi) is 6.62. The van der Waals surface area contributed by atoms with Crippen LogP contribution in [0.2, 0.25) is 0 Å². The van der Waals surface area contributed by atoms with E-state index in [1.165, 1.54) is 12.6 Å². The lowest BCUT2D eigenvalue weighted by Crippen LogP contribution is -2.40. The van der Waals surface area contributed by atoms with E-state index in [2.05, 4.69) is 15.3 Å². The number of nitrogens with two attached hydrogens (primary N) is 1. The summed E-state index contributed by atoms with van der Waals surface area (Å²) in [7, 11) is 3.63. The van der Waals surface area contributed by atoms with Gasteiger partial charge in [0, 0.05) is 11.6 Å². The van der Waals surface area contributed by atoms with Crippen LogP contribution < -0.4 is 11.1 Å². The molecule has 0 saturated heterocycles. The molecule has 8 heteroatoms. The van der Waals surface area contributed by atoms with Crippen LogP contribution in [-0.4, -0.2) is 60.0 Å². The van der Waals surface area contributed by atoms with Crippen LogP contribution in [0.5, 0.6) is 0 Å². The van der Waals surface area contributed by atoms with Crippen molar-refractivity contribution in [3.05, 3.63) is 42.5 Å². The first kappa shape index (κ1) is 19.3. The molecule has 2 aromatic rings. The van der Waals surface area contributed by atoms with Crippen molar-refractivity contribution in [3.63, 3.8) is 0 Å². The molecule has 0 radical (unpaired) electrons. The maximum Gasteiger partial charge on any atom is 0.252 e. The molecule has 1 atom stereocenters. The molecule has 0 fully saturated rings. The van der Waals surface area contributed by atoms with Crippen molar-refractivity contribution in [2.75, 3.05) is 27.2 Å². The molecule has 2 amide bonds. The number of likely N-dealkylation sites (N-methyl/N-ethyl adjacent to an activating group) is 1. The van der Waals surface area contributed by atoms with Gasteiger partial charge in [0.25, 0.3) is 5.91 Å². The number of carbonyl (C=O) groups excluding carboxylic acids is 2. The second-order valence-electron chi connectivity index (χ2n) is 6.23. The molecular weight excluding hydrogens is 334 g/mol. The summed E-state index contributed by atoms with van der Waals surface area (Å²) in [5, 5.41) is 3.60. The van der Waals surface area contributed by atoms with Crippen molar-refractivity contribution < 1.29 is 14.3 Å². The fourth-order valence-corrected chi connectivity index (χ4v) is 2.35. The van der Waals surface area contributed by atoms with Crippen molar-refractivity contribution in [3.8, 4) is 0 Å². The number of amides is 2. The molecule has 3 N–H and O–H groups in total. The Hall–Kier alpha value is -3.00. The highest BCUT2D eigenvalue weighted by Gasteiger charge is 2.12. The van der Waals surface area contributed by atoms with Gasteiger partial charge >= 0.3 is 0 Å². The van der Waals surface area contributed by atoms with Gasteiger partial charge < -0.3 is 20.7 Å². The third kappa shape index (κ3) is 5.52. The van der Waals surface area contributed by atoms with Crippen molar-refractivity contribution in [1.29, 1.82) is 0 Å². The highest BCUT2D eigenvalue weighted by Crippen LogP contribution is 2.19. The molecule has 0 aliphatic rings. The molecular formula is C18H23N5O3. The zero-order chi connectivity index (χ0) is 19.1. The number of benzene rings is 1. The molecule has 8 nitrogen and oxygen atoms in total. The molecule has 1 unspecified atom stereocenters. The minimum atomic E-state index is -0.606. The van der Waals surface area contributed by atoms with Gasteiger partial charge in [-0.3, -0.25) is 9.59 Å². The van der Waals surface area contributed by atoms with E-state index in [4.69, 9.17) is 10.5 Å². The highest BCUT2D eigenvalue weighted by molar-refractivity contribution is 6.18. The molecule has 1 aromatic heterocycles. The van der Waals surface area contributed by atoms with Crippen LogP contribution in [0, 0.1) is 0 Å². The van der Waals surface area contributed by atoms with Gasteiger partial charge in [-0.15, -0.1) is 0 Å². The summed E-state index contributed by atoms with van der Waals surface area (Å²) >= 11 is 0. The van der Waals surface area contributed by atoms with Gasteiger partial charge in [-0.25, -0.2) is 9.97 Å². The minimum Gasteiger partial charge on any atom is -0.498 e. The summed E-state index contributed by atoms with van der Waals surface area (Å²) in [5.41, 5.74) is 7.09. The number of ether oxygens (including phenoxy) is 1. The van der Waals surface area contributed by atoms with Crippen LogP contribution in [0.1, 0.15) is 12.5 Å². The predicted molar refractivity (Wildman–Crippen MR) is 98.8 cm³/mol. The standard InChI is InChI=1S/C18H23N5O3/c1-12(22-17(24)8-23(2)3)9-26-10-15(18(19)25)13-4-5-16-14(6-13)7-20-11-21-16/h4-7,10-12H,8-9H2,1-3H3,(H2,19,25)(H,22,24). The SMILES string of the molecule is CC(COC=C(C(N)=O)c1ccc2ncncc2c1)NC(=O)CN(C)C. The van der Waals surface area contributed by atoms with E-state index in [1.54, 1.807) is 29.3 Å². The Morgan fingerprint density at radius 2 is 2.15 bits per heavy atom. The number of hydrogen-bond donors (Lipinski definition) is 2. The molecule has 0 spiro atoms. The average molecular weight is 357 g/mol. The van der Waals surface area contributed by atoms with E-state index in [1.807, 2.05) is 21.0 Å². The van der Waals surface area contributed by atoms with E-state index >= 15 is 0 Å². The normalized spacial score (nSPS) is 12.8. The second-order valence-corrected chi connectivity index (χ2v) is 6.23. The maximum atomic E-state index is 11.8. The second kappa shape index (κ2) is 8.91. The summed E-state index contributed by atoms with van der Waals surface area (Å²) in [6, 6.07) is 5.10. The van der Waals surface area contributed by atoms with E-state index in [9.17, 15) is 9.59 Å². The van der Waals surface area contributed by atoms with Crippen molar-refractivity contribution in [2.24, 2.45) is 5.73 Å². The summed E-state index contributed by atoms with van der Waals surface area (Å²) in [4.78, 5) is 33.4. The van der Waals surface area contributed by atoms with E-state index in [0.29, 0.717) is 12.1 Å². The molecule has 0 aliphatic heterocycles. The number of carbonyl (C=O) groups is 2. The number of aromatic nitrogens is 2. The van der Waals surface area contributed by atoms with E-state index in [0.717, 1.165) is 10.9 Å². The zero-order valence-corrected chi connectivity index (χ0v) is 15.1. The van der Waals surface area contributed by atoms with Crippen LogP contribution in [-0.2, 0) is 14.3 Å². The topological polar surface area (TPSA) is 110 Å². The monoisotopic (exact) mass is 357 g/mol. The quantitative estimate of drug-likeness (QED) is 0.527. The molecule has 0 bridgehead atoms. The number of nitrogens with one attached hydrogen (secondary N) is 1. The van der Waals surface area contributed by atoms with Gasteiger partial charge in [-0.2, -0.15) is 0 Å². The number of nitrogens with zero attached hydrogens (tertiary/aromatic N) is 3. The average Bonchev–Trinajstić information content (AvgIpc) is 2.57. The van der Waals surface area contributed by atoms with Gasteiger partial charge in [0.15, 0.2) is 0 Å². The molecule has 0 saturated carbocycles. The first-order chi connectivity index (χ1) is 12.4. The Bertz CT molecular complexity index is 819. The number of primary amides is 1. The van der Waals surface area contributed by atoms with Crippen LogP contribution in [0.15, 0.2) is 37.0 Å². The Morgan fingerprint density at radius 3 is 2.85 bits per heavy atom. The van der Waals surface area contributed by atoms with Gasteiger partial charge in [0.1, 0.15) is 12.9 Å². The smallest absolute Gasteiger partial charge is 0.252 e. The maximum absolute atomic E-state index is 11.8. The molecule has 138 valence electrons. The van der Waals surface area contributed by atoms with Crippen LogP contribution in [0.4, 0.5) is 0 Å². The zero-order valence-electron chi connectivity index (χ0n) is 15.1. The fraction of sp³-hybridized carbons (Fsp3) is 0.333. The first-order valence-corrected chi connectivity index (χ1v) is 8.12. The lowest BCUT2D eigenvalue weighted by Gasteiger charge is -2.16. The number of rotatable bonds is 8.